The fraction of sp³-hybridized carbons (Fsp3) is 0.190. The molecule has 1 heterocycles. The number of para-hydroxylation sites is 1. The number of rotatable bonds is 6. The molecule has 0 saturated carbocycles. The maximum absolute atomic E-state index is 12.4. The second kappa shape index (κ2) is 9.27. The zero-order valence-electron chi connectivity index (χ0n) is 16.4. The number of thiazole rings is 1. The average Bonchev–Trinajstić information content (AvgIpc) is 3.05. The number of aromatic nitrogens is 1. The van der Waals surface area contributed by atoms with Crippen LogP contribution >= 0.6 is 11.3 Å². The summed E-state index contributed by atoms with van der Waals surface area (Å²) in [6.45, 7) is 3.88. The predicted molar refractivity (Wildman–Crippen MR) is 114 cm³/mol. The van der Waals surface area contributed by atoms with Crippen molar-refractivity contribution in [1.29, 1.82) is 0 Å². The normalized spacial score (nSPS) is 11.9. The van der Waals surface area contributed by atoms with E-state index in [1.807, 2.05) is 25.1 Å². The van der Waals surface area contributed by atoms with Gasteiger partial charge in [-0.2, -0.15) is 4.99 Å². The van der Waals surface area contributed by atoms with Gasteiger partial charge in [0.25, 0.3) is 11.6 Å². The van der Waals surface area contributed by atoms with Gasteiger partial charge in [0.15, 0.2) is 4.80 Å². The standard InChI is InChI=1S/C21H19N3O5S/c1-3-29-19(26)13-23-20-14(2)5-4-6-17(20)30-21(23)22-18(25)12-9-15-7-10-16(11-8-15)24(27)28/h4-12H,3,13H2,1-2H3/b12-9-,22-21?. The molecule has 0 aliphatic carbocycles. The van der Waals surface area contributed by atoms with E-state index in [1.54, 1.807) is 23.6 Å². The Bertz CT molecular complexity index is 1210. The van der Waals surface area contributed by atoms with E-state index < -0.39 is 16.8 Å². The minimum Gasteiger partial charge on any atom is -0.465 e. The molecule has 30 heavy (non-hydrogen) atoms. The van der Waals surface area contributed by atoms with Crippen LogP contribution in [-0.4, -0.2) is 28.0 Å². The molecule has 1 aromatic heterocycles. The van der Waals surface area contributed by atoms with Crippen molar-refractivity contribution in [2.24, 2.45) is 4.99 Å². The summed E-state index contributed by atoms with van der Waals surface area (Å²) >= 11 is 1.31. The van der Waals surface area contributed by atoms with Crippen molar-refractivity contribution in [3.05, 3.63) is 74.6 Å². The van der Waals surface area contributed by atoms with Gasteiger partial charge in [0.2, 0.25) is 0 Å². The largest absolute Gasteiger partial charge is 0.465 e. The monoisotopic (exact) mass is 425 g/mol. The van der Waals surface area contributed by atoms with Gasteiger partial charge in [-0.15, -0.1) is 0 Å². The summed E-state index contributed by atoms with van der Waals surface area (Å²) in [7, 11) is 0. The Morgan fingerprint density at radius 2 is 1.97 bits per heavy atom. The number of benzene rings is 2. The van der Waals surface area contributed by atoms with Crippen LogP contribution < -0.4 is 4.80 Å². The van der Waals surface area contributed by atoms with Gasteiger partial charge in [-0.05, 0) is 49.2 Å². The highest BCUT2D eigenvalue weighted by Gasteiger charge is 2.13. The third-order valence-corrected chi connectivity index (χ3v) is 5.27. The van der Waals surface area contributed by atoms with E-state index in [9.17, 15) is 19.7 Å². The van der Waals surface area contributed by atoms with Crippen LogP contribution in [0, 0.1) is 17.0 Å². The Balaban J connectivity index is 1.94. The lowest BCUT2D eigenvalue weighted by Crippen LogP contribution is -2.23. The molecule has 0 atom stereocenters. The molecule has 0 N–H and O–H groups in total. The number of esters is 1. The van der Waals surface area contributed by atoms with Crippen molar-refractivity contribution in [1.82, 2.24) is 4.57 Å². The lowest BCUT2D eigenvalue weighted by atomic mass is 10.2. The minimum atomic E-state index is -0.504. The number of hydrogen-bond acceptors (Lipinski definition) is 6. The Labute approximate surface area is 175 Å². The highest BCUT2D eigenvalue weighted by Crippen LogP contribution is 2.21. The van der Waals surface area contributed by atoms with Crippen LogP contribution in [-0.2, 0) is 20.9 Å². The number of hydrogen-bond donors (Lipinski definition) is 0. The third kappa shape index (κ3) is 4.87. The number of carbonyl (C=O) groups excluding carboxylic acids is 2. The molecule has 0 saturated heterocycles. The zero-order chi connectivity index (χ0) is 21.7. The molecule has 0 spiro atoms. The summed E-state index contributed by atoms with van der Waals surface area (Å²) in [5.74, 6) is -0.911. The fourth-order valence-corrected chi connectivity index (χ4v) is 3.99. The second-order valence-electron chi connectivity index (χ2n) is 6.33. The first-order valence-corrected chi connectivity index (χ1v) is 9.96. The van der Waals surface area contributed by atoms with Gasteiger partial charge in [0, 0.05) is 18.2 Å². The van der Waals surface area contributed by atoms with Crippen LogP contribution in [0.3, 0.4) is 0 Å². The molecule has 3 aromatic rings. The summed E-state index contributed by atoms with van der Waals surface area (Å²) in [6, 6.07) is 11.6. The maximum Gasteiger partial charge on any atom is 0.326 e. The van der Waals surface area contributed by atoms with Gasteiger partial charge in [0.05, 0.1) is 21.7 Å². The first-order chi connectivity index (χ1) is 14.4. The van der Waals surface area contributed by atoms with Gasteiger partial charge in [-0.1, -0.05) is 23.5 Å². The summed E-state index contributed by atoms with van der Waals surface area (Å²) in [5, 5.41) is 10.7. The maximum atomic E-state index is 12.4. The Morgan fingerprint density at radius 1 is 1.23 bits per heavy atom. The summed E-state index contributed by atoms with van der Waals surface area (Å²) in [6.07, 6.45) is 2.82. The van der Waals surface area contributed by atoms with Gasteiger partial charge >= 0.3 is 5.97 Å². The van der Waals surface area contributed by atoms with Crippen molar-refractivity contribution in [3.8, 4) is 0 Å². The molecule has 0 unspecified atom stereocenters. The third-order valence-electron chi connectivity index (χ3n) is 4.22. The minimum absolute atomic E-state index is 0.0242. The molecule has 0 aliphatic heterocycles. The lowest BCUT2D eigenvalue weighted by Gasteiger charge is -2.06. The Morgan fingerprint density at radius 3 is 2.63 bits per heavy atom. The first kappa shape index (κ1) is 21.1. The number of nitro benzene ring substituents is 1. The summed E-state index contributed by atoms with van der Waals surface area (Å²) in [4.78, 5) is 39.2. The van der Waals surface area contributed by atoms with Crippen molar-refractivity contribution in [2.75, 3.05) is 6.61 Å². The predicted octanol–water partition coefficient (Wildman–Crippen LogP) is 3.62. The number of ether oxygens (including phenoxy) is 1. The number of aryl methyl sites for hydroxylation is 1. The Hall–Kier alpha value is -3.59. The van der Waals surface area contributed by atoms with Gasteiger partial charge in [-0.3, -0.25) is 19.7 Å². The highest BCUT2D eigenvalue weighted by atomic mass is 32.1. The van der Waals surface area contributed by atoms with E-state index in [0.717, 1.165) is 15.8 Å². The molecule has 1 amide bonds. The number of carbonyl (C=O) groups is 2. The molecule has 0 radical (unpaired) electrons. The van der Waals surface area contributed by atoms with Crippen LogP contribution in [0.5, 0.6) is 0 Å². The van der Waals surface area contributed by atoms with Crippen molar-refractivity contribution < 1.29 is 19.2 Å². The fourth-order valence-electron chi connectivity index (χ4n) is 2.88. The van der Waals surface area contributed by atoms with Crippen LogP contribution in [0.25, 0.3) is 16.3 Å². The van der Waals surface area contributed by atoms with Crippen LogP contribution in [0.2, 0.25) is 0 Å². The van der Waals surface area contributed by atoms with E-state index in [2.05, 4.69) is 4.99 Å². The highest BCUT2D eigenvalue weighted by molar-refractivity contribution is 7.16. The quantitative estimate of drug-likeness (QED) is 0.260. The van der Waals surface area contributed by atoms with Crippen molar-refractivity contribution in [2.45, 2.75) is 20.4 Å². The van der Waals surface area contributed by atoms with Crippen LogP contribution in [0.1, 0.15) is 18.1 Å². The number of non-ortho nitro benzene ring substituents is 1. The van der Waals surface area contributed by atoms with Crippen LogP contribution in [0.4, 0.5) is 5.69 Å². The lowest BCUT2D eigenvalue weighted by molar-refractivity contribution is -0.384. The Kier molecular flexibility index (Phi) is 6.53. The van der Waals surface area contributed by atoms with E-state index in [0.29, 0.717) is 10.4 Å². The SMILES string of the molecule is CCOC(=O)Cn1c(=NC(=O)/C=C\c2ccc([N+](=O)[O-])cc2)sc2cccc(C)c21. The summed E-state index contributed by atoms with van der Waals surface area (Å²) in [5.41, 5.74) is 2.41. The molecule has 3 rings (SSSR count). The second-order valence-corrected chi connectivity index (χ2v) is 7.34. The molecule has 0 fully saturated rings. The molecule has 2 aromatic carbocycles. The number of nitro groups is 1. The van der Waals surface area contributed by atoms with E-state index in [1.165, 1.54) is 35.6 Å². The summed E-state index contributed by atoms with van der Waals surface area (Å²) < 4.78 is 7.65. The number of nitrogens with zero attached hydrogens (tertiary/aromatic N) is 3. The van der Waals surface area contributed by atoms with Gasteiger partial charge in [-0.25, -0.2) is 0 Å². The smallest absolute Gasteiger partial charge is 0.326 e. The molecule has 8 nitrogen and oxygen atoms in total. The molecule has 0 bridgehead atoms. The molecule has 9 heteroatoms. The average molecular weight is 425 g/mol. The van der Waals surface area contributed by atoms with E-state index in [-0.39, 0.29) is 18.8 Å². The topological polar surface area (TPSA) is 104 Å². The molecular weight excluding hydrogens is 406 g/mol. The van der Waals surface area contributed by atoms with E-state index in [4.69, 9.17) is 4.74 Å². The molecule has 0 aliphatic rings. The number of amides is 1. The van der Waals surface area contributed by atoms with Gasteiger partial charge in [0.1, 0.15) is 6.54 Å². The molecule has 154 valence electrons. The van der Waals surface area contributed by atoms with E-state index >= 15 is 0 Å². The van der Waals surface area contributed by atoms with Gasteiger partial charge < -0.3 is 9.30 Å². The molecular formula is C21H19N3O5S. The zero-order valence-corrected chi connectivity index (χ0v) is 17.2. The van der Waals surface area contributed by atoms with Crippen LogP contribution in [0.15, 0.2) is 53.5 Å². The number of fused-ring (bicyclic) bond motifs is 1. The van der Waals surface area contributed by atoms with Crippen molar-refractivity contribution >= 4 is 45.2 Å². The first-order valence-electron chi connectivity index (χ1n) is 9.15. The van der Waals surface area contributed by atoms with Crippen molar-refractivity contribution in [3.63, 3.8) is 0 Å².